The van der Waals surface area contributed by atoms with Crippen molar-refractivity contribution in [2.75, 3.05) is 10.0 Å². The van der Waals surface area contributed by atoms with E-state index in [0.29, 0.717) is 5.69 Å². The Hall–Kier alpha value is -2.34. The Morgan fingerprint density at radius 2 is 1.95 bits per heavy atom. The van der Waals surface area contributed by atoms with Crippen molar-refractivity contribution in [1.29, 1.82) is 0 Å². The Labute approximate surface area is 123 Å². The molecule has 0 aromatic heterocycles. The molecule has 0 atom stereocenters. The van der Waals surface area contributed by atoms with E-state index in [-0.39, 0.29) is 17.2 Å². The highest BCUT2D eigenvalue weighted by Gasteiger charge is 2.19. The number of fused-ring (bicyclic) bond motifs is 1. The van der Waals surface area contributed by atoms with Crippen LogP contribution in [0.1, 0.15) is 11.1 Å². The molecule has 108 valence electrons. The van der Waals surface area contributed by atoms with Crippen molar-refractivity contribution < 1.29 is 13.2 Å². The Balaban J connectivity index is 1.90. The summed E-state index contributed by atoms with van der Waals surface area (Å²) in [5.74, 6) is -0.0799. The van der Waals surface area contributed by atoms with Crippen LogP contribution in [0.25, 0.3) is 0 Å². The first kappa shape index (κ1) is 13.6. The van der Waals surface area contributed by atoms with E-state index < -0.39 is 10.0 Å². The summed E-state index contributed by atoms with van der Waals surface area (Å²) in [6.07, 6.45) is 0.273. The third-order valence-corrected chi connectivity index (χ3v) is 4.66. The lowest BCUT2D eigenvalue weighted by Gasteiger charge is -2.09. The van der Waals surface area contributed by atoms with Crippen LogP contribution in [-0.4, -0.2) is 14.3 Å². The highest BCUT2D eigenvalue weighted by molar-refractivity contribution is 7.92. The van der Waals surface area contributed by atoms with Gasteiger partial charge in [0.2, 0.25) is 5.91 Å². The largest absolute Gasteiger partial charge is 0.326 e. The Morgan fingerprint density at radius 3 is 2.71 bits per heavy atom. The number of aryl methyl sites for hydroxylation is 1. The molecule has 0 saturated heterocycles. The molecule has 2 aromatic carbocycles. The highest BCUT2D eigenvalue weighted by atomic mass is 32.2. The van der Waals surface area contributed by atoms with Crippen molar-refractivity contribution in [3.8, 4) is 0 Å². The van der Waals surface area contributed by atoms with Gasteiger partial charge in [0.05, 0.1) is 11.3 Å². The second-order valence-corrected chi connectivity index (χ2v) is 6.70. The van der Waals surface area contributed by atoms with Gasteiger partial charge >= 0.3 is 0 Å². The zero-order valence-corrected chi connectivity index (χ0v) is 12.2. The summed E-state index contributed by atoms with van der Waals surface area (Å²) < 4.78 is 27.2. The molecule has 2 aromatic rings. The van der Waals surface area contributed by atoms with E-state index in [9.17, 15) is 13.2 Å². The van der Waals surface area contributed by atoms with E-state index >= 15 is 0 Å². The number of sulfonamides is 1. The fourth-order valence-corrected chi connectivity index (χ4v) is 3.44. The minimum atomic E-state index is -3.62. The molecule has 5 nitrogen and oxygen atoms in total. The monoisotopic (exact) mass is 302 g/mol. The maximum absolute atomic E-state index is 12.3. The Bertz CT molecular complexity index is 829. The zero-order chi connectivity index (χ0) is 15.0. The number of nitrogens with one attached hydrogen (secondary N) is 2. The van der Waals surface area contributed by atoms with E-state index in [4.69, 9.17) is 0 Å². The van der Waals surface area contributed by atoms with Crippen molar-refractivity contribution in [3.05, 3.63) is 53.6 Å². The lowest BCUT2D eigenvalue weighted by atomic mass is 10.1. The van der Waals surface area contributed by atoms with Gasteiger partial charge in [-0.15, -0.1) is 0 Å². The third-order valence-electron chi connectivity index (χ3n) is 3.28. The molecule has 1 aliphatic heterocycles. The number of rotatable bonds is 3. The zero-order valence-electron chi connectivity index (χ0n) is 11.4. The summed E-state index contributed by atoms with van der Waals surface area (Å²) >= 11 is 0. The van der Waals surface area contributed by atoms with Crippen LogP contribution < -0.4 is 10.0 Å². The van der Waals surface area contributed by atoms with Gasteiger partial charge < -0.3 is 5.32 Å². The van der Waals surface area contributed by atoms with Crippen LogP contribution in [0.3, 0.4) is 0 Å². The van der Waals surface area contributed by atoms with Gasteiger partial charge in [-0.3, -0.25) is 9.52 Å². The maximum Gasteiger partial charge on any atom is 0.261 e. The number of hydrogen-bond donors (Lipinski definition) is 2. The van der Waals surface area contributed by atoms with Gasteiger partial charge in [-0.25, -0.2) is 8.42 Å². The van der Waals surface area contributed by atoms with Gasteiger partial charge in [0.1, 0.15) is 0 Å². The van der Waals surface area contributed by atoms with Crippen molar-refractivity contribution in [2.45, 2.75) is 18.2 Å². The summed E-state index contributed by atoms with van der Waals surface area (Å²) in [6.45, 7) is 1.84. The van der Waals surface area contributed by atoms with Crippen molar-refractivity contribution in [3.63, 3.8) is 0 Å². The standard InChI is InChI=1S/C15H14N2O3S/c1-10-3-2-4-13(7-10)21(19,20)17-12-5-6-14-11(8-12)9-15(18)16-14/h2-8,17H,9H2,1H3,(H,16,18). The lowest BCUT2D eigenvalue weighted by Crippen LogP contribution is -2.13. The van der Waals surface area contributed by atoms with Crippen LogP contribution in [-0.2, 0) is 21.2 Å². The predicted molar refractivity (Wildman–Crippen MR) is 80.8 cm³/mol. The first-order valence-electron chi connectivity index (χ1n) is 6.46. The normalized spacial score (nSPS) is 13.7. The topological polar surface area (TPSA) is 75.3 Å². The van der Waals surface area contributed by atoms with E-state index in [1.165, 1.54) is 0 Å². The quantitative estimate of drug-likeness (QED) is 0.913. The molecule has 0 bridgehead atoms. The third kappa shape index (κ3) is 2.75. The summed E-state index contributed by atoms with van der Waals surface area (Å²) in [6, 6.07) is 11.7. The molecule has 0 saturated carbocycles. The van der Waals surface area contributed by atoms with Gasteiger partial charge in [0.25, 0.3) is 10.0 Å². The maximum atomic E-state index is 12.3. The van der Waals surface area contributed by atoms with Crippen LogP contribution in [0, 0.1) is 6.92 Å². The van der Waals surface area contributed by atoms with Crippen LogP contribution >= 0.6 is 0 Å². The summed E-state index contributed by atoms with van der Waals surface area (Å²) in [5, 5.41) is 2.71. The first-order valence-corrected chi connectivity index (χ1v) is 7.95. The van der Waals surface area contributed by atoms with E-state index in [2.05, 4.69) is 10.0 Å². The molecule has 2 N–H and O–H groups in total. The van der Waals surface area contributed by atoms with Crippen molar-refractivity contribution in [1.82, 2.24) is 0 Å². The van der Waals surface area contributed by atoms with E-state index in [1.807, 2.05) is 13.0 Å². The Kier molecular flexibility index (Phi) is 3.17. The van der Waals surface area contributed by atoms with Gasteiger partial charge in [0.15, 0.2) is 0 Å². The van der Waals surface area contributed by atoms with Gasteiger partial charge in [-0.2, -0.15) is 0 Å². The molecule has 0 radical (unpaired) electrons. The molecule has 0 spiro atoms. The molecule has 0 fully saturated rings. The number of benzene rings is 2. The fraction of sp³-hybridized carbons (Fsp3) is 0.133. The number of hydrogen-bond acceptors (Lipinski definition) is 3. The Morgan fingerprint density at radius 1 is 1.14 bits per heavy atom. The molecule has 6 heteroatoms. The van der Waals surface area contributed by atoms with Crippen molar-refractivity contribution >= 4 is 27.3 Å². The number of carbonyl (C=O) groups is 1. The summed E-state index contributed by atoms with van der Waals surface area (Å²) in [5.41, 5.74) is 2.86. The van der Waals surface area contributed by atoms with Crippen molar-refractivity contribution in [2.24, 2.45) is 0 Å². The average Bonchev–Trinajstić information content (AvgIpc) is 2.77. The lowest BCUT2D eigenvalue weighted by molar-refractivity contribution is -0.115. The molecule has 21 heavy (non-hydrogen) atoms. The second kappa shape index (κ2) is 4.89. The van der Waals surface area contributed by atoms with Crippen LogP contribution in [0.4, 0.5) is 11.4 Å². The van der Waals surface area contributed by atoms with Crippen LogP contribution in [0.2, 0.25) is 0 Å². The molecular formula is C15H14N2O3S. The minimum Gasteiger partial charge on any atom is -0.326 e. The minimum absolute atomic E-state index is 0.0799. The first-order chi connectivity index (χ1) is 9.94. The van der Waals surface area contributed by atoms with E-state index in [0.717, 1.165) is 16.8 Å². The number of carbonyl (C=O) groups excluding carboxylic acids is 1. The van der Waals surface area contributed by atoms with Crippen LogP contribution in [0.15, 0.2) is 47.4 Å². The summed E-state index contributed by atoms with van der Waals surface area (Å²) in [4.78, 5) is 11.5. The van der Waals surface area contributed by atoms with Gasteiger partial charge in [0, 0.05) is 11.4 Å². The molecule has 3 rings (SSSR count). The SMILES string of the molecule is Cc1cccc(S(=O)(=O)Nc2ccc3c(c2)CC(=O)N3)c1. The molecule has 0 unspecified atom stereocenters. The predicted octanol–water partition coefficient (Wildman–Crippen LogP) is 2.29. The van der Waals surface area contributed by atoms with Crippen LogP contribution in [0.5, 0.6) is 0 Å². The smallest absolute Gasteiger partial charge is 0.261 e. The summed E-state index contributed by atoms with van der Waals surface area (Å²) in [7, 11) is -3.62. The van der Waals surface area contributed by atoms with E-state index in [1.54, 1.807) is 36.4 Å². The number of amides is 1. The second-order valence-electron chi connectivity index (χ2n) is 5.02. The van der Waals surface area contributed by atoms with Gasteiger partial charge in [-0.1, -0.05) is 12.1 Å². The van der Waals surface area contributed by atoms with Gasteiger partial charge in [-0.05, 0) is 48.4 Å². The molecule has 1 amide bonds. The molecule has 1 heterocycles. The molecule has 1 aliphatic rings. The molecular weight excluding hydrogens is 288 g/mol. The average molecular weight is 302 g/mol. The highest BCUT2D eigenvalue weighted by Crippen LogP contribution is 2.27. The number of anilines is 2. The molecule has 0 aliphatic carbocycles. The fourth-order valence-electron chi connectivity index (χ4n) is 2.29.